The second-order valence-corrected chi connectivity index (χ2v) is 4.42. The van der Waals surface area contributed by atoms with Gasteiger partial charge in [-0.3, -0.25) is 4.79 Å². The molecular formula is C12H14BrNO4. The largest absolute Gasteiger partial charge is 0.496 e. The fourth-order valence-corrected chi connectivity index (χ4v) is 1.73. The summed E-state index contributed by atoms with van der Waals surface area (Å²) in [6.45, 7) is 1.56. The number of rotatable bonds is 4. The number of benzene rings is 1. The maximum atomic E-state index is 11.9. The summed E-state index contributed by atoms with van der Waals surface area (Å²) in [6.07, 6.45) is 0. The number of nitrogens with one attached hydrogen (secondary N) is 1. The monoisotopic (exact) mass is 315 g/mol. The molecule has 1 amide bonds. The Labute approximate surface area is 114 Å². The number of esters is 1. The quantitative estimate of drug-likeness (QED) is 0.860. The number of hydrogen-bond donors (Lipinski definition) is 1. The van der Waals surface area contributed by atoms with Crippen molar-refractivity contribution in [3.63, 3.8) is 0 Å². The molecule has 18 heavy (non-hydrogen) atoms. The highest BCUT2D eigenvalue weighted by Crippen LogP contribution is 2.25. The van der Waals surface area contributed by atoms with E-state index in [-0.39, 0.29) is 5.91 Å². The molecule has 0 aliphatic carbocycles. The second-order valence-electron chi connectivity index (χ2n) is 3.57. The minimum atomic E-state index is -0.697. The summed E-state index contributed by atoms with van der Waals surface area (Å²) in [5, 5.41) is 2.53. The Balaban J connectivity index is 2.81. The summed E-state index contributed by atoms with van der Waals surface area (Å²) in [5.41, 5.74) is 0.408. The fraction of sp³-hybridized carbons (Fsp3) is 0.333. The first-order chi connectivity index (χ1) is 8.49. The molecular weight excluding hydrogens is 302 g/mol. The van der Waals surface area contributed by atoms with Gasteiger partial charge >= 0.3 is 5.97 Å². The summed E-state index contributed by atoms with van der Waals surface area (Å²) in [5.74, 6) is -0.306. The highest BCUT2D eigenvalue weighted by Gasteiger charge is 2.17. The summed E-state index contributed by atoms with van der Waals surface area (Å²) < 4.78 is 10.4. The summed E-state index contributed by atoms with van der Waals surface area (Å²) in [7, 11) is 2.78. The first-order valence-electron chi connectivity index (χ1n) is 5.21. The molecule has 0 saturated carbocycles. The van der Waals surface area contributed by atoms with Crippen LogP contribution in [0.1, 0.15) is 17.3 Å². The van der Waals surface area contributed by atoms with E-state index in [9.17, 15) is 9.59 Å². The smallest absolute Gasteiger partial charge is 0.328 e. The van der Waals surface area contributed by atoms with E-state index in [1.54, 1.807) is 25.1 Å². The van der Waals surface area contributed by atoms with E-state index in [2.05, 4.69) is 26.0 Å². The summed E-state index contributed by atoms with van der Waals surface area (Å²) in [6, 6.07) is 4.23. The van der Waals surface area contributed by atoms with Gasteiger partial charge in [0.25, 0.3) is 5.91 Å². The van der Waals surface area contributed by atoms with E-state index in [4.69, 9.17) is 4.74 Å². The van der Waals surface area contributed by atoms with Crippen LogP contribution in [0.5, 0.6) is 5.75 Å². The van der Waals surface area contributed by atoms with Crippen LogP contribution in [0.2, 0.25) is 0 Å². The van der Waals surface area contributed by atoms with Crippen LogP contribution in [-0.4, -0.2) is 32.1 Å². The zero-order chi connectivity index (χ0) is 13.7. The van der Waals surface area contributed by atoms with Gasteiger partial charge in [-0.2, -0.15) is 0 Å². The summed E-state index contributed by atoms with van der Waals surface area (Å²) >= 11 is 3.29. The Morgan fingerprint density at radius 2 is 2.00 bits per heavy atom. The minimum Gasteiger partial charge on any atom is -0.496 e. The van der Waals surface area contributed by atoms with E-state index in [1.165, 1.54) is 14.2 Å². The molecule has 0 aliphatic heterocycles. The van der Waals surface area contributed by atoms with Crippen LogP contribution in [0.3, 0.4) is 0 Å². The summed E-state index contributed by atoms with van der Waals surface area (Å²) in [4.78, 5) is 23.1. The molecule has 1 atom stereocenters. The lowest BCUT2D eigenvalue weighted by Crippen LogP contribution is -2.39. The molecule has 1 N–H and O–H groups in total. The Kier molecular flexibility index (Phi) is 5.15. The van der Waals surface area contributed by atoms with Crippen LogP contribution >= 0.6 is 15.9 Å². The van der Waals surface area contributed by atoms with Crippen LogP contribution in [-0.2, 0) is 9.53 Å². The number of methoxy groups -OCH3 is 2. The van der Waals surface area contributed by atoms with Gasteiger partial charge in [0.2, 0.25) is 0 Å². The Hall–Kier alpha value is -1.56. The molecule has 98 valence electrons. The van der Waals surface area contributed by atoms with Crippen molar-refractivity contribution in [3.8, 4) is 5.75 Å². The number of carbonyl (C=O) groups is 2. The molecule has 5 nitrogen and oxygen atoms in total. The zero-order valence-corrected chi connectivity index (χ0v) is 11.9. The highest BCUT2D eigenvalue weighted by molar-refractivity contribution is 9.10. The average Bonchev–Trinajstić information content (AvgIpc) is 2.37. The van der Waals surface area contributed by atoms with Gasteiger partial charge in [0.1, 0.15) is 11.8 Å². The molecule has 0 saturated heterocycles. The van der Waals surface area contributed by atoms with Crippen molar-refractivity contribution in [3.05, 3.63) is 28.2 Å². The molecule has 1 aromatic carbocycles. The first-order valence-corrected chi connectivity index (χ1v) is 6.01. The number of ether oxygens (including phenoxy) is 2. The van der Waals surface area contributed by atoms with E-state index < -0.39 is 12.0 Å². The van der Waals surface area contributed by atoms with Crippen molar-refractivity contribution in [1.29, 1.82) is 0 Å². The normalized spacial score (nSPS) is 11.6. The molecule has 0 spiro atoms. The van der Waals surface area contributed by atoms with Crippen LogP contribution in [0.25, 0.3) is 0 Å². The fourth-order valence-electron chi connectivity index (χ4n) is 1.32. The second kappa shape index (κ2) is 6.39. The van der Waals surface area contributed by atoms with E-state index in [0.29, 0.717) is 11.3 Å². The number of hydrogen-bond acceptors (Lipinski definition) is 4. The molecule has 0 unspecified atom stereocenters. The van der Waals surface area contributed by atoms with Crippen LogP contribution in [0.15, 0.2) is 22.7 Å². The molecule has 6 heteroatoms. The van der Waals surface area contributed by atoms with E-state index in [0.717, 1.165) is 4.47 Å². The van der Waals surface area contributed by atoms with Gasteiger partial charge in [-0.25, -0.2) is 4.79 Å². The van der Waals surface area contributed by atoms with Crippen molar-refractivity contribution in [2.24, 2.45) is 0 Å². The third-order valence-corrected chi connectivity index (χ3v) is 2.97. The molecule has 1 rings (SSSR count). The zero-order valence-electron chi connectivity index (χ0n) is 10.3. The third kappa shape index (κ3) is 3.46. The Morgan fingerprint density at radius 3 is 2.56 bits per heavy atom. The lowest BCUT2D eigenvalue weighted by atomic mass is 10.2. The van der Waals surface area contributed by atoms with E-state index >= 15 is 0 Å². The van der Waals surface area contributed by atoms with Crippen molar-refractivity contribution in [1.82, 2.24) is 5.32 Å². The number of carbonyl (C=O) groups excluding carboxylic acids is 2. The van der Waals surface area contributed by atoms with Crippen molar-refractivity contribution >= 4 is 27.8 Å². The third-order valence-electron chi connectivity index (χ3n) is 2.32. The minimum absolute atomic E-state index is 0.362. The topological polar surface area (TPSA) is 64.6 Å². The molecule has 0 aliphatic rings. The highest BCUT2D eigenvalue weighted by atomic mass is 79.9. The van der Waals surface area contributed by atoms with Gasteiger partial charge in [-0.05, 0) is 41.1 Å². The van der Waals surface area contributed by atoms with Crippen molar-refractivity contribution in [2.45, 2.75) is 13.0 Å². The van der Waals surface area contributed by atoms with Gasteiger partial charge < -0.3 is 14.8 Å². The maximum absolute atomic E-state index is 11.9. The van der Waals surface area contributed by atoms with Gasteiger partial charge in [0, 0.05) is 5.56 Å². The van der Waals surface area contributed by atoms with Crippen molar-refractivity contribution < 1.29 is 19.1 Å². The predicted molar refractivity (Wildman–Crippen MR) is 69.6 cm³/mol. The van der Waals surface area contributed by atoms with Gasteiger partial charge in [0.15, 0.2) is 0 Å². The Morgan fingerprint density at radius 1 is 1.33 bits per heavy atom. The average molecular weight is 316 g/mol. The first kappa shape index (κ1) is 14.5. The molecule has 1 aromatic rings. The lowest BCUT2D eigenvalue weighted by molar-refractivity contribution is -0.142. The molecule has 0 aromatic heterocycles. The standard InChI is InChI=1S/C12H14BrNO4/c1-7(12(16)18-3)14-11(15)8-4-5-9(13)10(6-8)17-2/h4-7H,1-3H3,(H,14,15)/t7-/m0/s1. The molecule has 0 fully saturated rings. The van der Waals surface area contributed by atoms with Crippen LogP contribution in [0.4, 0.5) is 0 Å². The van der Waals surface area contributed by atoms with E-state index in [1.807, 2.05) is 0 Å². The van der Waals surface area contributed by atoms with Crippen LogP contribution in [0, 0.1) is 0 Å². The lowest BCUT2D eigenvalue weighted by Gasteiger charge is -2.12. The van der Waals surface area contributed by atoms with Gasteiger partial charge in [-0.1, -0.05) is 0 Å². The predicted octanol–water partition coefficient (Wildman–Crippen LogP) is 1.75. The SMILES string of the molecule is COC(=O)[C@H](C)NC(=O)c1ccc(Br)c(OC)c1. The van der Waals surface area contributed by atoms with Crippen molar-refractivity contribution in [2.75, 3.05) is 14.2 Å². The van der Waals surface area contributed by atoms with Crippen LogP contribution < -0.4 is 10.1 Å². The van der Waals surface area contributed by atoms with Gasteiger partial charge in [0.05, 0.1) is 18.7 Å². The molecule has 0 radical (unpaired) electrons. The number of halogens is 1. The van der Waals surface area contributed by atoms with Gasteiger partial charge in [-0.15, -0.1) is 0 Å². The molecule has 0 bridgehead atoms. The molecule has 0 heterocycles. The number of amides is 1. The maximum Gasteiger partial charge on any atom is 0.328 e. The Bertz CT molecular complexity index is 461.